The molecule has 1 aromatic heterocycles. The number of nitrogens with zero attached hydrogens (tertiary/aromatic N) is 2. The molecule has 1 aliphatic rings. The minimum absolute atomic E-state index is 0.0561. The molecule has 1 aromatic carbocycles. The molecule has 0 radical (unpaired) electrons. The van der Waals surface area contributed by atoms with E-state index in [9.17, 15) is 4.79 Å². The molecule has 116 valence electrons. The third kappa shape index (κ3) is 3.36. The Kier molecular flexibility index (Phi) is 4.53. The first-order valence-electron chi connectivity index (χ1n) is 7.85. The van der Waals surface area contributed by atoms with Gasteiger partial charge in [-0.25, -0.2) is 4.68 Å². The van der Waals surface area contributed by atoms with Crippen LogP contribution < -0.4 is 11.1 Å². The first-order chi connectivity index (χ1) is 10.7. The van der Waals surface area contributed by atoms with Crippen LogP contribution in [0.25, 0.3) is 5.69 Å². The van der Waals surface area contributed by atoms with Crippen molar-refractivity contribution in [3.63, 3.8) is 0 Å². The van der Waals surface area contributed by atoms with Gasteiger partial charge in [0.2, 0.25) is 5.91 Å². The average molecular weight is 298 g/mol. The molecule has 5 heteroatoms. The molecule has 1 fully saturated rings. The zero-order chi connectivity index (χ0) is 15.4. The molecule has 22 heavy (non-hydrogen) atoms. The fourth-order valence-corrected chi connectivity index (χ4v) is 3.09. The average Bonchev–Trinajstić information content (AvgIpc) is 3.07. The third-order valence-electron chi connectivity index (χ3n) is 4.28. The predicted octanol–water partition coefficient (Wildman–Crippen LogP) is 2.01. The maximum Gasteiger partial charge on any atom is 0.223 e. The number of carbonyl (C=O) groups excluding carboxylic acids is 1. The van der Waals surface area contributed by atoms with Gasteiger partial charge in [0.1, 0.15) is 0 Å². The Hall–Kier alpha value is -2.14. The van der Waals surface area contributed by atoms with Crippen molar-refractivity contribution in [2.45, 2.75) is 38.3 Å². The number of hydrogen-bond acceptors (Lipinski definition) is 3. The monoisotopic (exact) mass is 298 g/mol. The normalized spacial score (nSPS) is 21.5. The Balaban J connectivity index is 1.65. The first-order valence-corrected chi connectivity index (χ1v) is 7.85. The van der Waals surface area contributed by atoms with E-state index in [0.29, 0.717) is 6.54 Å². The number of nitrogens with two attached hydrogens (primary N) is 1. The maximum atomic E-state index is 12.3. The van der Waals surface area contributed by atoms with Crippen LogP contribution in [0.3, 0.4) is 0 Å². The fourth-order valence-electron chi connectivity index (χ4n) is 3.09. The van der Waals surface area contributed by atoms with Crippen molar-refractivity contribution >= 4 is 5.91 Å². The van der Waals surface area contributed by atoms with E-state index in [1.54, 1.807) is 6.20 Å². The Bertz CT molecular complexity index is 623. The largest absolute Gasteiger partial charge is 0.352 e. The molecule has 0 bridgehead atoms. The van der Waals surface area contributed by atoms with Gasteiger partial charge in [-0.3, -0.25) is 4.79 Å². The maximum absolute atomic E-state index is 12.3. The molecule has 1 amide bonds. The zero-order valence-corrected chi connectivity index (χ0v) is 12.6. The van der Waals surface area contributed by atoms with Gasteiger partial charge >= 0.3 is 0 Å². The number of rotatable bonds is 4. The third-order valence-corrected chi connectivity index (χ3v) is 4.28. The molecule has 5 nitrogen and oxygen atoms in total. The molecule has 0 spiro atoms. The van der Waals surface area contributed by atoms with Gasteiger partial charge in [-0.2, -0.15) is 5.10 Å². The Morgan fingerprint density at radius 3 is 2.95 bits per heavy atom. The standard InChI is InChI=1S/C17H22N4O/c18-15-7-3-6-13(11-15)17(22)19-12-14-5-1-2-8-16(14)21-10-4-9-20-21/h1-2,4-5,8-10,13,15H,3,6-7,11-12,18H2,(H,19,22). The summed E-state index contributed by atoms with van der Waals surface area (Å²) in [5.41, 5.74) is 8.02. The predicted molar refractivity (Wildman–Crippen MR) is 85.3 cm³/mol. The van der Waals surface area contributed by atoms with Gasteiger partial charge in [0.15, 0.2) is 0 Å². The van der Waals surface area contributed by atoms with E-state index < -0.39 is 0 Å². The summed E-state index contributed by atoms with van der Waals surface area (Å²) in [5.74, 6) is 0.172. The van der Waals surface area contributed by atoms with Gasteiger partial charge in [-0.15, -0.1) is 0 Å². The van der Waals surface area contributed by atoms with Crippen molar-refractivity contribution < 1.29 is 4.79 Å². The van der Waals surface area contributed by atoms with Gasteiger partial charge in [0.05, 0.1) is 5.69 Å². The summed E-state index contributed by atoms with van der Waals surface area (Å²) in [6.07, 6.45) is 7.47. The van der Waals surface area contributed by atoms with Crippen LogP contribution in [0.1, 0.15) is 31.2 Å². The van der Waals surface area contributed by atoms with Crippen LogP contribution in [0.15, 0.2) is 42.7 Å². The van der Waals surface area contributed by atoms with E-state index in [-0.39, 0.29) is 17.9 Å². The van der Waals surface area contributed by atoms with E-state index in [2.05, 4.69) is 10.4 Å². The van der Waals surface area contributed by atoms with Crippen molar-refractivity contribution in [1.82, 2.24) is 15.1 Å². The van der Waals surface area contributed by atoms with Gasteiger partial charge in [0, 0.05) is 30.9 Å². The molecule has 2 aromatic rings. The van der Waals surface area contributed by atoms with Crippen LogP contribution in [0.2, 0.25) is 0 Å². The summed E-state index contributed by atoms with van der Waals surface area (Å²) in [6, 6.07) is 10.0. The molecule has 0 aliphatic heterocycles. The minimum Gasteiger partial charge on any atom is -0.352 e. The van der Waals surface area contributed by atoms with Crippen LogP contribution in [-0.2, 0) is 11.3 Å². The lowest BCUT2D eigenvalue weighted by Gasteiger charge is -2.25. The lowest BCUT2D eigenvalue weighted by atomic mass is 9.85. The highest BCUT2D eigenvalue weighted by atomic mass is 16.1. The number of carbonyl (C=O) groups is 1. The summed E-state index contributed by atoms with van der Waals surface area (Å²) in [7, 11) is 0. The van der Waals surface area contributed by atoms with Crippen molar-refractivity contribution in [2.24, 2.45) is 11.7 Å². The van der Waals surface area contributed by atoms with E-state index in [1.807, 2.05) is 41.2 Å². The number of hydrogen-bond donors (Lipinski definition) is 2. The zero-order valence-electron chi connectivity index (χ0n) is 12.6. The highest BCUT2D eigenvalue weighted by molar-refractivity contribution is 5.78. The molecule has 2 unspecified atom stereocenters. The van der Waals surface area contributed by atoms with Crippen molar-refractivity contribution in [3.05, 3.63) is 48.3 Å². The summed E-state index contributed by atoms with van der Waals surface area (Å²) in [5, 5.41) is 7.32. The lowest BCUT2D eigenvalue weighted by Crippen LogP contribution is -2.37. The second-order valence-corrected chi connectivity index (χ2v) is 5.92. The van der Waals surface area contributed by atoms with Crippen molar-refractivity contribution in [3.8, 4) is 5.69 Å². The molecule has 1 heterocycles. The molecular weight excluding hydrogens is 276 g/mol. The molecule has 3 rings (SSSR count). The van der Waals surface area contributed by atoms with E-state index in [0.717, 1.165) is 36.9 Å². The van der Waals surface area contributed by atoms with Gasteiger partial charge < -0.3 is 11.1 Å². The molecule has 2 atom stereocenters. The summed E-state index contributed by atoms with van der Waals surface area (Å²) in [6.45, 7) is 0.514. The number of nitrogens with one attached hydrogen (secondary N) is 1. The van der Waals surface area contributed by atoms with Crippen LogP contribution >= 0.6 is 0 Å². The Morgan fingerprint density at radius 2 is 2.18 bits per heavy atom. The van der Waals surface area contributed by atoms with Crippen LogP contribution in [0, 0.1) is 5.92 Å². The highest BCUT2D eigenvalue weighted by Crippen LogP contribution is 2.23. The second-order valence-electron chi connectivity index (χ2n) is 5.92. The van der Waals surface area contributed by atoms with Gasteiger partial charge in [-0.1, -0.05) is 24.6 Å². The topological polar surface area (TPSA) is 72.9 Å². The number of para-hydroxylation sites is 1. The molecule has 1 saturated carbocycles. The van der Waals surface area contributed by atoms with Crippen molar-refractivity contribution in [1.29, 1.82) is 0 Å². The summed E-state index contributed by atoms with van der Waals surface area (Å²) in [4.78, 5) is 12.3. The molecular formula is C17H22N4O. The fraction of sp³-hybridized carbons (Fsp3) is 0.412. The second kappa shape index (κ2) is 6.75. The van der Waals surface area contributed by atoms with Crippen LogP contribution in [0.4, 0.5) is 0 Å². The quantitative estimate of drug-likeness (QED) is 0.907. The van der Waals surface area contributed by atoms with Crippen molar-refractivity contribution in [2.75, 3.05) is 0 Å². The lowest BCUT2D eigenvalue weighted by molar-refractivity contribution is -0.126. The Labute approximate surface area is 130 Å². The summed E-state index contributed by atoms with van der Waals surface area (Å²) < 4.78 is 1.82. The highest BCUT2D eigenvalue weighted by Gasteiger charge is 2.25. The minimum atomic E-state index is 0.0561. The van der Waals surface area contributed by atoms with Crippen LogP contribution in [-0.4, -0.2) is 21.7 Å². The summed E-state index contributed by atoms with van der Waals surface area (Å²) >= 11 is 0. The molecule has 3 N–H and O–H groups in total. The first kappa shape index (κ1) is 14.8. The number of amides is 1. The van der Waals surface area contributed by atoms with Gasteiger partial charge in [0.25, 0.3) is 0 Å². The Morgan fingerprint density at radius 1 is 1.32 bits per heavy atom. The molecule has 0 saturated heterocycles. The van der Waals surface area contributed by atoms with E-state index in [4.69, 9.17) is 5.73 Å². The van der Waals surface area contributed by atoms with Gasteiger partial charge in [-0.05, 0) is 37.0 Å². The van der Waals surface area contributed by atoms with E-state index >= 15 is 0 Å². The van der Waals surface area contributed by atoms with E-state index in [1.165, 1.54) is 0 Å². The number of aromatic nitrogens is 2. The SMILES string of the molecule is NC1CCCC(C(=O)NCc2ccccc2-n2cccn2)C1. The van der Waals surface area contributed by atoms with Crippen LogP contribution in [0.5, 0.6) is 0 Å². The number of benzene rings is 1. The molecule has 1 aliphatic carbocycles. The smallest absolute Gasteiger partial charge is 0.223 e.